The maximum absolute atomic E-state index is 5.66. The SMILES string of the molecule is CCCC/C=C\CCCCCCCCOCN(C)CCC. The summed E-state index contributed by atoms with van der Waals surface area (Å²) in [6.45, 7) is 7.30. The van der Waals surface area contributed by atoms with E-state index in [0.717, 1.165) is 19.9 Å². The number of unbranched alkanes of at least 4 members (excludes halogenated alkanes) is 8. The summed E-state index contributed by atoms with van der Waals surface area (Å²) in [4.78, 5) is 2.24. The molecule has 0 aromatic carbocycles. The Hall–Kier alpha value is -0.340. The smallest absolute Gasteiger partial charge is 0.0987 e. The van der Waals surface area contributed by atoms with E-state index in [1.807, 2.05) is 0 Å². The molecule has 0 aliphatic rings. The normalized spacial score (nSPS) is 11.8. The predicted molar refractivity (Wildman–Crippen MR) is 94.7 cm³/mol. The highest BCUT2D eigenvalue weighted by Crippen LogP contribution is 2.08. The number of nitrogens with zero attached hydrogens (tertiary/aromatic N) is 1. The number of allylic oxidation sites excluding steroid dienone is 2. The molecule has 0 unspecified atom stereocenters. The zero-order valence-electron chi connectivity index (χ0n) is 14.9. The van der Waals surface area contributed by atoms with Gasteiger partial charge in [-0.1, -0.05) is 64.5 Å². The lowest BCUT2D eigenvalue weighted by Gasteiger charge is -2.15. The fourth-order valence-corrected chi connectivity index (χ4v) is 2.40. The second-order valence-electron chi connectivity index (χ2n) is 6.14. The van der Waals surface area contributed by atoms with Gasteiger partial charge in [0.1, 0.15) is 0 Å². The Kier molecular flexibility index (Phi) is 17.4. The zero-order valence-corrected chi connectivity index (χ0v) is 14.9. The van der Waals surface area contributed by atoms with Crippen LogP contribution in [0.3, 0.4) is 0 Å². The van der Waals surface area contributed by atoms with Crippen molar-refractivity contribution in [2.75, 3.05) is 26.9 Å². The summed E-state index contributed by atoms with van der Waals surface area (Å²) >= 11 is 0. The molecule has 0 fully saturated rings. The Balaban J connectivity index is 3.07. The van der Waals surface area contributed by atoms with Crippen molar-refractivity contribution < 1.29 is 4.74 Å². The van der Waals surface area contributed by atoms with E-state index in [4.69, 9.17) is 4.74 Å². The Labute approximate surface area is 133 Å². The summed E-state index contributed by atoms with van der Waals surface area (Å²) in [7, 11) is 2.13. The lowest BCUT2D eigenvalue weighted by atomic mass is 10.1. The molecule has 0 atom stereocenters. The molecule has 0 aliphatic heterocycles. The molecule has 0 aromatic rings. The summed E-state index contributed by atoms with van der Waals surface area (Å²) in [6.07, 6.45) is 19.2. The van der Waals surface area contributed by atoms with Crippen LogP contribution in [0.1, 0.15) is 84.5 Å². The second-order valence-corrected chi connectivity index (χ2v) is 6.14. The molecule has 0 amide bonds. The first-order valence-electron chi connectivity index (χ1n) is 9.22. The van der Waals surface area contributed by atoms with Gasteiger partial charge in [0.25, 0.3) is 0 Å². The monoisotopic (exact) mass is 297 g/mol. The van der Waals surface area contributed by atoms with E-state index in [-0.39, 0.29) is 0 Å². The van der Waals surface area contributed by atoms with Crippen molar-refractivity contribution in [2.45, 2.75) is 84.5 Å². The van der Waals surface area contributed by atoms with Crippen molar-refractivity contribution in [3.05, 3.63) is 12.2 Å². The van der Waals surface area contributed by atoms with Crippen LogP contribution in [0.2, 0.25) is 0 Å². The van der Waals surface area contributed by atoms with E-state index in [2.05, 4.69) is 37.9 Å². The quantitative estimate of drug-likeness (QED) is 0.203. The van der Waals surface area contributed by atoms with Crippen LogP contribution < -0.4 is 0 Å². The van der Waals surface area contributed by atoms with E-state index in [1.165, 1.54) is 70.6 Å². The van der Waals surface area contributed by atoms with Crippen molar-refractivity contribution in [1.82, 2.24) is 4.90 Å². The number of rotatable bonds is 16. The van der Waals surface area contributed by atoms with Gasteiger partial charge in [-0.25, -0.2) is 0 Å². The molecule has 21 heavy (non-hydrogen) atoms. The molecule has 0 aromatic heterocycles. The predicted octanol–water partition coefficient (Wildman–Crippen LogP) is 5.78. The zero-order chi connectivity index (χ0) is 15.6. The molecule has 0 N–H and O–H groups in total. The molecule has 0 rings (SSSR count). The standard InChI is InChI=1S/C19H39NO/c1-4-6-7-8-9-10-11-12-13-14-15-16-18-21-19-20(3)17-5-2/h8-9H,4-7,10-19H2,1-3H3/b9-8-. The molecule has 0 spiro atoms. The first kappa shape index (κ1) is 20.7. The molecule has 0 heterocycles. The average molecular weight is 298 g/mol. The minimum absolute atomic E-state index is 0.790. The van der Waals surface area contributed by atoms with Gasteiger partial charge in [0.05, 0.1) is 6.73 Å². The first-order chi connectivity index (χ1) is 10.3. The summed E-state index contributed by atoms with van der Waals surface area (Å²) in [6, 6.07) is 0. The van der Waals surface area contributed by atoms with Crippen LogP contribution in [-0.4, -0.2) is 31.8 Å². The van der Waals surface area contributed by atoms with E-state index >= 15 is 0 Å². The Morgan fingerprint density at radius 2 is 1.38 bits per heavy atom. The third kappa shape index (κ3) is 17.6. The molecule has 0 bridgehead atoms. The topological polar surface area (TPSA) is 12.5 Å². The molecular weight excluding hydrogens is 258 g/mol. The summed E-state index contributed by atoms with van der Waals surface area (Å²) in [5.41, 5.74) is 0. The van der Waals surface area contributed by atoms with Crippen LogP contribution in [0.25, 0.3) is 0 Å². The van der Waals surface area contributed by atoms with Crippen molar-refractivity contribution in [1.29, 1.82) is 0 Å². The van der Waals surface area contributed by atoms with Crippen LogP contribution in [0.15, 0.2) is 12.2 Å². The summed E-state index contributed by atoms with van der Waals surface area (Å²) < 4.78 is 5.66. The molecule has 0 radical (unpaired) electrons. The van der Waals surface area contributed by atoms with Gasteiger partial charge in [-0.05, 0) is 45.7 Å². The van der Waals surface area contributed by atoms with E-state index < -0.39 is 0 Å². The van der Waals surface area contributed by atoms with Crippen molar-refractivity contribution in [2.24, 2.45) is 0 Å². The Bertz CT molecular complexity index is 216. The van der Waals surface area contributed by atoms with Crippen LogP contribution >= 0.6 is 0 Å². The van der Waals surface area contributed by atoms with Crippen molar-refractivity contribution in [3.63, 3.8) is 0 Å². The lowest BCUT2D eigenvalue weighted by Crippen LogP contribution is -2.22. The van der Waals surface area contributed by atoms with Crippen LogP contribution in [-0.2, 0) is 4.74 Å². The molecular formula is C19H39NO. The van der Waals surface area contributed by atoms with Crippen LogP contribution in [0, 0.1) is 0 Å². The van der Waals surface area contributed by atoms with Gasteiger partial charge >= 0.3 is 0 Å². The molecule has 0 saturated carbocycles. The van der Waals surface area contributed by atoms with Crippen molar-refractivity contribution in [3.8, 4) is 0 Å². The molecule has 126 valence electrons. The number of hydrogen-bond donors (Lipinski definition) is 0. The Morgan fingerprint density at radius 3 is 2.05 bits per heavy atom. The number of hydrogen-bond acceptors (Lipinski definition) is 2. The minimum atomic E-state index is 0.790. The maximum Gasteiger partial charge on any atom is 0.0987 e. The van der Waals surface area contributed by atoms with Gasteiger partial charge in [-0.15, -0.1) is 0 Å². The van der Waals surface area contributed by atoms with Crippen LogP contribution in [0.4, 0.5) is 0 Å². The van der Waals surface area contributed by atoms with Crippen molar-refractivity contribution >= 4 is 0 Å². The van der Waals surface area contributed by atoms with E-state index in [1.54, 1.807) is 0 Å². The highest BCUT2D eigenvalue weighted by atomic mass is 16.5. The summed E-state index contributed by atoms with van der Waals surface area (Å²) in [5.74, 6) is 0. The largest absolute Gasteiger partial charge is 0.366 e. The van der Waals surface area contributed by atoms with Gasteiger partial charge in [0.15, 0.2) is 0 Å². The second kappa shape index (κ2) is 17.7. The maximum atomic E-state index is 5.66. The van der Waals surface area contributed by atoms with Gasteiger partial charge < -0.3 is 4.74 Å². The fourth-order valence-electron chi connectivity index (χ4n) is 2.40. The van der Waals surface area contributed by atoms with Gasteiger partial charge in [-0.3, -0.25) is 4.90 Å². The Morgan fingerprint density at radius 1 is 0.762 bits per heavy atom. The fraction of sp³-hybridized carbons (Fsp3) is 0.895. The first-order valence-corrected chi connectivity index (χ1v) is 9.22. The highest BCUT2D eigenvalue weighted by Gasteiger charge is 1.96. The highest BCUT2D eigenvalue weighted by molar-refractivity contribution is 4.81. The minimum Gasteiger partial charge on any atom is -0.366 e. The van der Waals surface area contributed by atoms with E-state index in [0.29, 0.717) is 0 Å². The van der Waals surface area contributed by atoms with Gasteiger partial charge in [0, 0.05) is 6.61 Å². The average Bonchev–Trinajstić information content (AvgIpc) is 2.48. The van der Waals surface area contributed by atoms with Gasteiger partial charge in [-0.2, -0.15) is 0 Å². The van der Waals surface area contributed by atoms with Crippen LogP contribution in [0.5, 0.6) is 0 Å². The molecule has 2 heteroatoms. The molecule has 0 saturated heterocycles. The van der Waals surface area contributed by atoms with Gasteiger partial charge in [0.2, 0.25) is 0 Å². The van der Waals surface area contributed by atoms with E-state index in [9.17, 15) is 0 Å². The molecule has 2 nitrogen and oxygen atoms in total. The number of ether oxygens (including phenoxy) is 1. The third-order valence-electron chi connectivity index (χ3n) is 3.72. The molecule has 0 aliphatic carbocycles. The third-order valence-corrected chi connectivity index (χ3v) is 3.72. The lowest BCUT2D eigenvalue weighted by molar-refractivity contribution is 0.0409. The summed E-state index contributed by atoms with van der Waals surface area (Å²) in [5, 5.41) is 0.